The van der Waals surface area contributed by atoms with Gasteiger partial charge in [0.15, 0.2) is 11.5 Å². The Morgan fingerprint density at radius 1 is 0.971 bits per heavy atom. The van der Waals surface area contributed by atoms with Crippen LogP contribution in [0.5, 0.6) is 17.2 Å². The Bertz CT molecular complexity index is 1420. The number of aromatic nitrogens is 1. The molecule has 4 rings (SSSR count). The molecule has 4 aromatic rings. The Morgan fingerprint density at radius 2 is 1.74 bits per heavy atom. The summed E-state index contributed by atoms with van der Waals surface area (Å²) in [5.74, 6) is 2.22. The van der Waals surface area contributed by atoms with Gasteiger partial charge in [0.2, 0.25) is 0 Å². The van der Waals surface area contributed by atoms with Crippen LogP contribution in [0.1, 0.15) is 12.0 Å². The van der Waals surface area contributed by atoms with E-state index in [0.29, 0.717) is 62.2 Å². The highest BCUT2D eigenvalue weighted by molar-refractivity contribution is 6.37. The number of rotatable bonds is 8. The van der Waals surface area contributed by atoms with Crippen LogP contribution < -0.4 is 19.5 Å². The number of alkyl halides is 1. The van der Waals surface area contributed by atoms with Crippen molar-refractivity contribution in [2.24, 2.45) is 0 Å². The van der Waals surface area contributed by atoms with Crippen molar-refractivity contribution in [3.05, 3.63) is 58.2 Å². The summed E-state index contributed by atoms with van der Waals surface area (Å²) in [6, 6.07) is 13.1. The molecule has 3 aromatic carbocycles. The lowest BCUT2D eigenvalue weighted by Gasteiger charge is -2.17. The summed E-state index contributed by atoms with van der Waals surface area (Å²) in [5.41, 5.74) is 2.18. The van der Waals surface area contributed by atoms with Crippen LogP contribution in [-0.2, 0) is 0 Å². The first kappa shape index (κ1) is 24.0. The van der Waals surface area contributed by atoms with Crippen molar-refractivity contribution in [1.82, 2.24) is 4.98 Å². The third-order valence-corrected chi connectivity index (χ3v) is 6.18. The average molecular weight is 517 g/mol. The molecule has 174 valence electrons. The molecule has 1 N–H and O–H groups in total. The highest BCUT2D eigenvalue weighted by atomic mass is 35.5. The molecule has 0 radical (unpaired) electrons. The van der Waals surface area contributed by atoms with E-state index in [1.54, 1.807) is 19.2 Å². The second-order valence-corrected chi connectivity index (χ2v) is 8.49. The van der Waals surface area contributed by atoms with Crippen LogP contribution >= 0.6 is 34.8 Å². The summed E-state index contributed by atoms with van der Waals surface area (Å²) in [4.78, 5) is 4.58. The molecule has 0 saturated carbocycles. The molecule has 0 aliphatic heterocycles. The number of ether oxygens (including phenoxy) is 3. The minimum atomic E-state index is 0.366. The van der Waals surface area contributed by atoms with Crippen LogP contribution in [0.15, 0.2) is 42.6 Å². The Labute approximate surface area is 211 Å². The van der Waals surface area contributed by atoms with Crippen molar-refractivity contribution in [3.63, 3.8) is 0 Å². The van der Waals surface area contributed by atoms with E-state index < -0.39 is 0 Å². The number of hydrogen-bond acceptors (Lipinski definition) is 6. The first-order valence-corrected chi connectivity index (χ1v) is 11.6. The van der Waals surface area contributed by atoms with Gasteiger partial charge >= 0.3 is 0 Å². The van der Waals surface area contributed by atoms with E-state index in [1.807, 2.05) is 24.3 Å². The second kappa shape index (κ2) is 10.4. The molecule has 0 saturated heterocycles. The van der Waals surface area contributed by atoms with E-state index in [9.17, 15) is 5.26 Å². The van der Waals surface area contributed by atoms with Crippen molar-refractivity contribution in [2.45, 2.75) is 6.42 Å². The molecular weight excluding hydrogens is 497 g/mol. The number of anilines is 2. The lowest BCUT2D eigenvalue weighted by atomic mass is 10.0. The molecule has 0 spiro atoms. The quantitative estimate of drug-likeness (QED) is 0.150. The monoisotopic (exact) mass is 515 g/mol. The van der Waals surface area contributed by atoms with E-state index >= 15 is 0 Å². The molecule has 34 heavy (non-hydrogen) atoms. The summed E-state index contributed by atoms with van der Waals surface area (Å²) >= 11 is 18.4. The van der Waals surface area contributed by atoms with E-state index in [2.05, 4.69) is 16.4 Å². The van der Waals surface area contributed by atoms with Crippen LogP contribution in [0.25, 0.3) is 21.7 Å². The fourth-order valence-electron chi connectivity index (χ4n) is 3.72. The smallest absolute Gasteiger partial charge is 0.168 e. The first-order valence-electron chi connectivity index (χ1n) is 10.3. The lowest BCUT2D eigenvalue weighted by molar-refractivity contribution is 0.297. The van der Waals surface area contributed by atoms with Crippen LogP contribution in [-0.4, -0.2) is 31.7 Å². The van der Waals surface area contributed by atoms with Crippen LogP contribution in [0.4, 0.5) is 11.4 Å². The average Bonchev–Trinajstić information content (AvgIpc) is 2.85. The topological polar surface area (TPSA) is 76.4 Å². The summed E-state index contributed by atoms with van der Waals surface area (Å²) in [6.45, 7) is 0.488. The summed E-state index contributed by atoms with van der Waals surface area (Å²) in [6.07, 6.45) is 2.26. The van der Waals surface area contributed by atoms with Gasteiger partial charge in [-0.05, 0) is 36.8 Å². The minimum absolute atomic E-state index is 0.366. The fourth-order valence-corrected chi connectivity index (χ4v) is 4.33. The van der Waals surface area contributed by atoms with Gasteiger partial charge in [0.25, 0.3) is 0 Å². The van der Waals surface area contributed by atoms with Gasteiger partial charge in [0, 0.05) is 34.3 Å². The summed E-state index contributed by atoms with van der Waals surface area (Å²) in [5, 5.41) is 16.2. The van der Waals surface area contributed by atoms with Crippen molar-refractivity contribution < 1.29 is 14.2 Å². The molecule has 6 nitrogen and oxygen atoms in total. The predicted octanol–water partition coefficient (Wildman–Crippen LogP) is 7.33. The lowest BCUT2D eigenvalue weighted by Crippen LogP contribution is -2.01. The van der Waals surface area contributed by atoms with Gasteiger partial charge in [-0.1, -0.05) is 23.2 Å². The van der Waals surface area contributed by atoms with E-state index in [4.69, 9.17) is 49.0 Å². The van der Waals surface area contributed by atoms with Crippen LogP contribution in [0.2, 0.25) is 10.0 Å². The van der Waals surface area contributed by atoms with Crippen molar-refractivity contribution in [1.29, 1.82) is 5.26 Å². The molecule has 0 fully saturated rings. The number of pyridine rings is 1. The number of nitrogens with one attached hydrogen (secondary N) is 1. The third kappa shape index (κ3) is 4.47. The zero-order valence-electron chi connectivity index (χ0n) is 18.4. The van der Waals surface area contributed by atoms with E-state index in [-0.39, 0.29) is 0 Å². The molecule has 1 heterocycles. The van der Waals surface area contributed by atoms with Crippen molar-refractivity contribution >= 4 is 67.9 Å². The van der Waals surface area contributed by atoms with Gasteiger partial charge in [0.05, 0.1) is 53.3 Å². The number of benzene rings is 3. The molecule has 0 unspecified atom stereocenters. The largest absolute Gasteiger partial charge is 0.495 e. The number of hydrogen-bond donors (Lipinski definition) is 1. The molecular formula is C25H20Cl3N3O3. The summed E-state index contributed by atoms with van der Waals surface area (Å²) in [7, 11) is 3.12. The Hall–Kier alpha value is -3.11. The predicted molar refractivity (Wildman–Crippen MR) is 138 cm³/mol. The maximum absolute atomic E-state index is 9.75. The normalized spacial score (nSPS) is 10.8. The number of methoxy groups -OCH3 is 2. The van der Waals surface area contributed by atoms with E-state index in [1.165, 1.54) is 13.3 Å². The maximum atomic E-state index is 9.75. The van der Waals surface area contributed by atoms with Crippen molar-refractivity contribution in [3.8, 4) is 23.3 Å². The van der Waals surface area contributed by atoms with Gasteiger partial charge in [-0.3, -0.25) is 4.98 Å². The zero-order valence-corrected chi connectivity index (χ0v) is 20.7. The molecule has 0 bridgehead atoms. The SMILES string of the molecule is COc1cc(Nc2c(C#N)cnc3c2ccc2c(OC)c(OCCCCl)ccc23)c(Cl)cc1Cl. The van der Waals surface area contributed by atoms with Crippen LogP contribution in [0.3, 0.4) is 0 Å². The van der Waals surface area contributed by atoms with Gasteiger partial charge in [-0.2, -0.15) is 5.26 Å². The van der Waals surface area contributed by atoms with Gasteiger partial charge in [0.1, 0.15) is 11.8 Å². The number of nitriles is 1. The van der Waals surface area contributed by atoms with Crippen LogP contribution in [0, 0.1) is 11.3 Å². The highest BCUT2D eigenvalue weighted by Gasteiger charge is 2.17. The van der Waals surface area contributed by atoms with Gasteiger partial charge in [-0.15, -0.1) is 11.6 Å². The third-order valence-electron chi connectivity index (χ3n) is 5.31. The van der Waals surface area contributed by atoms with Crippen molar-refractivity contribution in [2.75, 3.05) is 32.0 Å². The summed E-state index contributed by atoms with van der Waals surface area (Å²) < 4.78 is 16.8. The maximum Gasteiger partial charge on any atom is 0.168 e. The Morgan fingerprint density at radius 3 is 2.44 bits per heavy atom. The second-order valence-electron chi connectivity index (χ2n) is 7.30. The minimum Gasteiger partial charge on any atom is -0.495 e. The Kier molecular flexibility index (Phi) is 7.38. The molecule has 9 heteroatoms. The van der Waals surface area contributed by atoms with E-state index in [0.717, 1.165) is 22.6 Å². The number of nitrogens with zero attached hydrogens (tertiary/aromatic N) is 2. The standard InChI is InChI=1S/C25H20Cl3N3O3/c1-32-22-11-20(18(27)10-19(22)28)31-23-14(12-29)13-30-24-15-6-7-21(34-9-3-8-26)25(33-2)16(15)4-5-17(23)24/h4-7,10-11,13H,3,8-9H2,1-2H3,(H,30,31). The van der Waals surface area contributed by atoms with Gasteiger partial charge < -0.3 is 19.5 Å². The first-order chi connectivity index (χ1) is 16.5. The number of halogens is 3. The van der Waals surface area contributed by atoms with Gasteiger partial charge in [-0.25, -0.2) is 0 Å². The molecule has 0 aliphatic rings. The zero-order chi connectivity index (χ0) is 24.2. The Balaban J connectivity index is 1.88. The fraction of sp³-hybridized carbons (Fsp3) is 0.200. The molecule has 1 aromatic heterocycles. The molecule has 0 atom stereocenters. The number of fused-ring (bicyclic) bond motifs is 3. The molecule has 0 amide bonds. The highest BCUT2D eigenvalue weighted by Crippen LogP contribution is 2.42. The molecule has 0 aliphatic carbocycles.